The summed E-state index contributed by atoms with van der Waals surface area (Å²) in [6.07, 6.45) is 1.87. The third kappa shape index (κ3) is 2.59. The molecule has 0 spiro atoms. The summed E-state index contributed by atoms with van der Waals surface area (Å²) in [5.41, 5.74) is 11.2. The molecule has 0 fully saturated rings. The van der Waals surface area contributed by atoms with Crippen LogP contribution in [0, 0.1) is 0 Å². The molecule has 0 aliphatic rings. The van der Waals surface area contributed by atoms with Gasteiger partial charge in [-0.3, -0.25) is 0 Å². The Labute approximate surface area is 142 Å². The first-order valence-corrected chi connectivity index (χ1v) is 8.60. The van der Waals surface area contributed by atoms with Gasteiger partial charge < -0.3 is 10.7 Å². The topological polar surface area (TPSA) is 41.8 Å². The Bertz CT molecular complexity index is 997. The van der Waals surface area contributed by atoms with E-state index < -0.39 is 0 Å². The van der Waals surface area contributed by atoms with Crippen LogP contribution < -0.4 is 5.73 Å². The van der Waals surface area contributed by atoms with Gasteiger partial charge in [0.1, 0.15) is 0 Å². The Morgan fingerprint density at radius 2 is 1.67 bits per heavy atom. The van der Waals surface area contributed by atoms with E-state index in [1.54, 1.807) is 0 Å². The van der Waals surface area contributed by atoms with Gasteiger partial charge in [-0.05, 0) is 46.9 Å². The highest BCUT2D eigenvalue weighted by Crippen LogP contribution is 2.33. The lowest BCUT2D eigenvalue weighted by atomic mass is 9.97. The van der Waals surface area contributed by atoms with Gasteiger partial charge in [0.15, 0.2) is 0 Å². The molecule has 0 aliphatic heterocycles. The van der Waals surface area contributed by atoms with Crippen molar-refractivity contribution in [2.45, 2.75) is 25.8 Å². The molecule has 0 bridgehead atoms. The Balaban J connectivity index is 1.91. The minimum absolute atomic E-state index is 0.184. The number of para-hydroxylation sites is 1. The van der Waals surface area contributed by atoms with Crippen LogP contribution in [0.5, 0.6) is 0 Å². The number of hydrogen-bond acceptors (Lipinski definition) is 1. The fourth-order valence-electron chi connectivity index (χ4n) is 3.41. The van der Waals surface area contributed by atoms with Crippen LogP contribution in [0.1, 0.15) is 18.9 Å². The number of nitrogens with two attached hydrogens (primary N) is 1. The highest BCUT2D eigenvalue weighted by Gasteiger charge is 2.15. The van der Waals surface area contributed by atoms with Crippen LogP contribution in [0.3, 0.4) is 0 Å². The van der Waals surface area contributed by atoms with Gasteiger partial charge in [-0.25, -0.2) is 0 Å². The van der Waals surface area contributed by atoms with E-state index in [-0.39, 0.29) is 6.04 Å². The maximum Gasteiger partial charge on any atom is 0.0498 e. The first-order valence-electron chi connectivity index (χ1n) is 8.60. The molecule has 0 amide bonds. The number of hydrogen-bond donors (Lipinski definition) is 2. The first kappa shape index (κ1) is 15.0. The number of rotatable bonds is 4. The lowest BCUT2D eigenvalue weighted by molar-refractivity contribution is 0.649. The molecular weight excluding hydrogens is 292 g/mol. The maximum atomic E-state index is 6.28. The standard InChI is InChI=1S/C22H22N2/c1-2-18(23)14-20-19-9-5-6-10-21(19)24-22(20)17-12-11-15-7-3-4-8-16(15)13-17/h3-13,18,24H,2,14,23H2,1H3. The van der Waals surface area contributed by atoms with Crippen LogP contribution in [0.15, 0.2) is 66.7 Å². The Morgan fingerprint density at radius 3 is 2.50 bits per heavy atom. The van der Waals surface area contributed by atoms with Gasteiger partial charge in [0.25, 0.3) is 0 Å². The minimum Gasteiger partial charge on any atom is -0.354 e. The second-order valence-electron chi connectivity index (χ2n) is 6.46. The zero-order chi connectivity index (χ0) is 16.5. The molecule has 1 unspecified atom stereocenters. The zero-order valence-corrected chi connectivity index (χ0v) is 13.9. The average Bonchev–Trinajstić information content (AvgIpc) is 3.00. The molecular formula is C22H22N2. The van der Waals surface area contributed by atoms with Crippen LogP contribution in [0.25, 0.3) is 32.9 Å². The van der Waals surface area contributed by atoms with Gasteiger partial charge in [0.05, 0.1) is 0 Å². The van der Waals surface area contributed by atoms with E-state index in [1.165, 1.54) is 38.5 Å². The van der Waals surface area contributed by atoms with Crippen LogP contribution in [0.2, 0.25) is 0 Å². The third-order valence-corrected chi connectivity index (χ3v) is 4.84. The van der Waals surface area contributed by atoms with E-state index in [9.17, 15) is 0 Å². The molecule has 1 atom stereocenters. The van der Waals surface area contributed by atoms with Gasteiger partial charge in [-0.2, -0.15) is 0 Å². The zero-order valence-electron chi connectivity index (χ0n) is 13.9. The summed E-state index contributed by atoms with van der Waals surface area (Å²) in [5.74, 6) is 0. The molecule has 0 saturated carbocycles. The van der Waals surface area contributed by atoms with Crippen molar-refractivity contribution in [2.75, 3.05) is 0 Å². The summed E-state index contributed by atoms with van der Waals surface area (Å²) < 4.78 is 0. The molecule has 120 valence electrons. The molecule has 1 heterocycles. The van der Waals surface area contributed by atoms with Crippen molar-refractivity contribution in [1.82, 2.24) is 4.98 Å². The molecule has 0 saturated heterocycles. The van der Waals surface area contributed by atoms with Crippen molar-refractivity contribution >= 4 is 21.7 Å². The van der Waals surface area contributed by atoms with Crippen molar-refractivity contribution in [3.8, 4) is 11.3 Å². The van der Waals surface area contributed by atoms with Gasteiger partial charge in [0.2, 0.25) is 0 Å². The van der Waals surface area contributed by atoms with Gasteiger partial charge in [-0.1, -0.05) is 61.5 Å². The predicted molar refractivity (Wildman–Crippen MR) is 103 cm³/mol. The fourth-order valence-corrected chi connectivity index (χ4v) is 3.41. The van der Waals surface area contributed by atoms with Crippen LogP contribution in [-0.2, 0) is 6.42 Å². The van der Waals surface area contributed by atoms with Gasteiger partial charge in [0, 0.05) is 22.6 Å². The van der Waals surface area contributed by atoms with Crippen molar-refractivity contribution in [2.24, 2.45) is 5.73 Å². The first-order chi connectivity index (χ1) is 11.8. The normalized spacial score (nSPS) is 12.8. The molecule has 3 N–H and O–H groups in total. The Kier molecular flexibility index (Phi) is 3.83. The molecule has 0 radical (unpaired) electrons. The molecule has 4 aromatic rings. The van der Waals surface area contributed by atoms with E-state index in [4.69, 9.17) is 5.73 Å². The van der Waals surface area contributed by atoms with Crippen molar-refractivity contribution in [3.05, 3.63) is 72.3 Å². The largest absolute Gasteiger partial charge is 0.354 e. The Hall–Kier alpha value is -2.58. The molecule has 24 heavy (non-hydrogen) atoms. The van der Waals surface area contributed by atoms with Crippen molar-refractivity contribution in [3.63, 3.8) is 0 Å². The quantitative estimate of drug-likeness (QED) is 0.529. The molecule has 3 aromatic carbocycles. The van der Waals surface area contributed by atoms with Crippen LogP contribution in [0.4, 0.5) is 0 Å². The summed E-state index contributed by atoms with van der Waals surface area (Å²) in [6, 6.07) is 23.8. The second kappa shape index (κ2) is 6.14. The second-order valence-corrected chi connectivity index (χ2v) is 6.46. The summed E-state index contributed by atoms with van der Waals surface area (Å²) in [6.45, 7) is 2.15. The number of aromatic nitrogens is 1. The van der Waals surface area contributed by atoms with Gasteiger partial charge in [-0.15, -0.1) is 0 Å². The van der Waals surface area contributed by atoms with E-state index in [2.05, 4.69) is 78.6 Å². The maximum absolute atomic E-state index is 6.28. The SMILES string of the molecule is CCC(N)Cc1c(-c2ccc3ccccc3c2)[nH]c2ccccc12. The highest BCUT2D eigenvalue weighted by atomic mass is 14.7. The third-order valence-electron chi connectivity index (χ3n) is 4.84. The van der Waals surface area contributed by atoms with E-state index in [0.717, 1.165) is 12.8 Å². The number of aromatic amines is 1. The minimum atomic E-state index is 0.184. The average molecular weight is 314 g/mol. The summed E-state index contributed by atoms with van der Waals surface area (Å²) in [4.78, 5) is 3.62. The highest BCUT2D eigenvalue weighted by molar-refractivity contribution is 5.93. The number of fused-ring (bicyclic) bond motifs is 2. The summed E-state index contributed by atoms with van der Waals surface area (Å²) in [5, 5.41) is 3.81. The van der Waals surface area contributed by atoms with Crippen molar-refractivity contribution in [1.29, 1.82) is 0 Å². The van der Waals surface area contributed by atoms with E-state index >= 15 is 0 Å². The van der Waals surface area contributed by atoms with Crippen LogP contribution >= 0.6 is 0 Å². The smallest absolute Gasteiger partial charge is 0.0498 e. The lowest BCUT2D eigenvalue weighted by Crippen LogP contribution is -2.21. The fraction of sp³-hybridized carbons (Fsp3) is 0.182. The predicted octanol–water partition coefficient (Wildman–Crippen LogP) is 5.27. The number of H-pyrrole nitrogens is 1. The molecule has 4 rings (SSSR count). The summed E-state index contributed by atoms with van der Waals surface area (Å²) in [7, 11) is 0. The molecule has 1 aromatic heterocycles. The summed E-state index contributed by atoms with van der Waals surface area (Å²) >= 11 is 0. The van der Waals surface area contributed by atoms with Gasteiger partial charge >= 0.3 is 0 Å². The number of benzene rings is 3. The molecule has 2 nitrogen and oxygen atoms in total. The van der Waals surface area contributed by atoms with E-state index in [0.29, 0.717) is 0 Å². The van der Waals surface area contributed by atoms with Crippen molar-refractivity contribution < 1.29 is 0 Å². The molecule has 2 heteroatoms. The lowest BCUT2D eigenvalue weighted by Gasteiger charge is -2.11. The van der Waals surface area contributed by atoms with Crippen LogP contribution in [-0.4, -0.2) is 11.0 Å². The molecule has 0 aliphatic carbocycles. The Morgan fingerprint density at radius 1 is 0.917 bits per heavy atom. The monoisotopic (exact) mass is 314 g/mol. The number of nitrogens with one attached hydrogen (secondary N) is 1. The van der Waals surface area contributed by atoms with E-state index in [1.807, 2.05) is 0 Å².